The van der Waals surface area contributed by atoms with Gasteiger partial charge in [0.05, 0.1) is 0 Å². The summed E-state index contributed by atoms with van der Waals surface area (Å²) in [5, 5.41) is 0. The molecule has 0 bridgehead atoms. The number of aryl methyl sites for hydroxylation is 1. The number of nitrogens with zero attached hydrogens (tertiary/aromatic N) is 1. The Kier molecular flexibility index (Phi) is 3.37. The van der Waals surface area contributed by atoms with Gasteiger partial charge in [0.25, 0.3) is 0 Å². The van der Waals surface area contributed by atoms with Crippen molar-refractivity contribution in [1.82, 2.24) is 0 Å². The van der Waals surface area contributed by atoms with Crippen LogP contribution in [0.5, 0.6) is 0 Å². The zero-order chi connectivity index (χ0) is 11.5. The molecule has 2 N–H and O–H groups in total. The molecular weight excluding hydrogens is 196 g/mol. The van der Waals surface area contributed by atoms with E-state index in [4.69, 9.17) is 5.73 Å². The fraction of sp³-hybridized carbons (Fsp3) is 0.571. The molecule has 1 heterocycles. The predicted molar refractivity (Wildman–Crippen MR) is 70.9 cm³/mol. The summed E-state index contributed by atoms with van der Waals surface area (Å²) in [5.41, 5.74) is 9.63. The highest BCUT2D eigenvalue weighted by Gasteiger charge is 2.21. The van der Waals surface area contributed by atoms with Crippen molar-refractivity contribution < 1.29 is 0 Å². The van der Waals surface area contributed by atoms with Crippen LogP contribution in [0, 0.1) is 0 Å². The second kappa shape index (κ2) is 4.77. The molecule has 0 unspecified atom stereocenters. The van der Waals surface area contributed by atoms with Crippen LogP contribution in [-0.4, -0.2) is 12.6 Å². The highest BCUT2D eigenvalue weighted by atomic mass is 15.2. The summed E-state index contributed by atoms with van der Waals surface area (Å²) in [6.07, 6.45) is 4.90. The topological polar surface area (TPSA) is 29.3 Å². The van der Waals surface area contributed by atoms with Crippen molar-refractivity contribution in [3.63, 3.8) is 0 Å². The van der Waals surface area contributed by atoms with E-state index in [0.717, 1.165) is 5.69 Å². The van der Waals surface area contributed by atoms with Gasteiger partial charge in [0.1, 0.15) is 0 Å². The van der Waals surface area contributed by atoms with Gasteiger partial charge in [-0.1, -0.05) is 19.9 Å². The van der Waals surface area contributed by atoms with Crippen molar-refractivity contribution in [3.8, 4) is 0 Å². The third-order valence-corrected chi connectivity index (χ3v) is 3.65. The number of nitrogen functional groups attached to an aromatic ring is 1. The molecule has 0 amide bonds. The van der Waals surface area contributed by atoms with E-state index < -0.39 is 0 Å². The first-order chi connectivity index (χ1) is 7.76. The predicted octanol–water partition coefficient (Wildman–Crippen LogP) is 3.21. The summed E-state index contributed by atoms with van der Waals surface area (Å²) in [5.74, 6) is 0. The van der Waals surface area contributed by atoms with E-state index in [0.29, 0.717) is 6.04 Å². The lowest BCUT2D eigenvalue weighted by molar-refractivity contribution is 0.533. The molecule has 2 heteroatoms. The highest BCUT2D eigenvalue weighted by molar-refractivity contribution is 5.63. The molecule has 0 aliphatic carbocycles. The van der Waals surface area contributed by atoms with E-state index in [2.05, 4.69) is 30.9 Å². The quantitative estimate of drug-likeness (QED) is 0.789. The molecule has 1 aliphatic rings. The Bertz CT molecular complexity index is 356. The van der Waals surface area contributed by atoms with Gasteiger partial charge in [-0.2, -0.15) is 0 Å². The molecule has 1 aromatic carbocycles. The van der Waals surface area contributed by atoms with Crippen LogP contribution in [0.4, 0.5) is 11.4 Å². The minimum Gasteiger partial charge on any atom is -0.399 e. The maximum absolute atomic E-state index is 5.90. The molecule has 1 aromatic rings. The number of benzene rings is 1. The Hall–Kier alpha value is -1.18. The molecule has 1 aliphatic heterocycles. The average Bonchev–Trinajstić information content (AvgIpc) is 2.31. The van der Waals surface area contributed by atoms with E-state index in [-0.39, 0.29) is 0 Å². The molecule has 0 aromatic heterocycles. The zero-order valence-electron chi connectivity index (χ0n) is 10.4. The number of hydrogen-bond acceptors (Lipinski definition) is 2. The fourth-order valence-electron chi connectivity index (χ4n) is 2.73. The second-order valence-corrected chi connectivity index (χ2v) is 4.66. The number of fused-ring (bicyclic) bond motifs is 1. The molecular formula is C14H22N2. The molecule has 0 atom stereocenters. The van der Waals surface area contributed by atoms with Crippen LogP contribution in [0.1, 0.15) is 38.7 Å². The maximum Gasteiger partial charge on any atom is 0.0421 e. The van der Waals surface area contributed by atoms with Crippen LogP contribution in [0.25, 0.3) is 0 Å². The van der Waals surface area contributed by atoms with Gasteiger partial charge in [-0.15, -0.1) is 0 Å². The molecule has 88 valence electrons. The summed E-state index contributed by atoms with van der Waals surface area (Å²) in [6, 6.07) is 7.03. The van der Waals surface area contributed by atoms with Gasteiger partial charge >= 0.3 is 0 Å². The monoisotopic (exact) mass is 218 g/mol. The summed E-state index contributed by atoms with van der Waals surface area (Å²) < 4.78 is 0. The number of hydrogen-bond donors (Lipinski definition) is 1. The highest BCUT2D eigenvalue weighted by Crippen LogP contribution is 2.31. The molecule has 2 nitrogen and oxygen atoms in total. The lowest BCUT2D eigenvalue weighted by atomic mass is 9.98. The minimum absolute atomic E-state index is 0.667. The van der Waals surface area contributed by atoms with E-state index in [9.17, 15) is 0 Å². The first-order valence-corrected chi connectivity index (χ1v) is 6.41. The van der Waals surface area contributed by atoms with Crippen LogP contribution in [0.2, 0.25) is 0 Å². The van der Waals surface area contributed by atoms with Crippen LogP contribution < -0.4 is 10.6 Å². The lowest BCUT2D eigenvalue weighted by Gasteiger charge is -2.37. The summed E-state index contributed by atoms with van der Waals surface area (Å²) >= 11 is 0. The maximum atomic E-state index is 5.90. The van der Waals surface area contributed by atoms with Gasteiger partial charge in [0.15, 0.2) is 0 Å². The Labute approximate surface area is 98.4 Å². The Balaban J connectivity index is 2.34. The molecule has 0 spiro atoms. The summed E-state index contributed by atoms with van der Waals surface area (Å²) in [6.45, 7) is 5.73. The van der Waals surface area contributed by atoms with Crippen LogP contribution in [0.15, 0.2) is 18.2 Å². The molecule has 0 fully saturated rings. The molecule has 0 radical (unpaired) electrons. The van der Waals surface area contributed by atoms with Gasteiger partial charge < -0.3 is 10.6 Å². The van der Waals surface area contributed by atoms with Crippen molar-refractivity contribution in [1.29, 1.82) is 0 Å². The Morgan fingerprint density at radius 1 is 1.31 bits per heavy atom. The molecule has 2 rings (SSSR count). The van der Waals surface area contributed by atoms with Gasteiger partial charge in [-0.3, -0.25) is 0 Å². The van der Waals surface area contributed by atoms with Crippen molar-refractivity contribution in [2.45, 2.75) is 45.6 Å². The van der Waals surface area contributed by atoms with E-state index in [1.54, 1.807) is 0 Å². The third kappa shape index (κ3) is 2.01. The van der Waals surface area contributed by atoms with Crippen LogP contribution in [0.3, 0.4) is 0 Å². The number of nitrogens with two attached hydrogens (primary N) is 1. The smallest absolute Gasteiger partial charge is 0.0421 e. The standard InChI is InChI=1S/C14H22N2/c1-3-13(4-2)16-9-5-6-11-7-8-12(15)10-14(11)16/h7-8,10,13H,3-6,9,15H2,1-2H3. The lowest BCUT2D eigenvalue weighted by Crippen LogP contribution is -2.38. The number of rotatable bonds is 3. The van der Waals surface area contributed by atoms with E-state index in [1.807, 2.05) is 6.07 Å². The van der Waals surface area contributed by atoms with Crippen LogP contribution >= 0.6 is 0 Å². The van der Waals surface area contributed by atoms with Crippen molar-refractivity contribution in [3.05, 3.63) is 23.8 Å². The zero-order valence-corrected chi connectivity index (χ0v) is 10.4. The normalized spacial score (nSPS) is 15.3. The van der Waals surface area contributed by atoms with Gasteiger partial charge in [0.2, 0.25) is 0 Å². The SMILES string of the molecule is CCC(CC)N1CCCc2ccc(N)cc21. The first kappa shape index (κ1) is 11.3. The minimum atomic E-state index is 0.667. The van der Waals surface area contributed by atoms with Crippen molar-refractivity contribution in [2.75, 3.05) is 17.2 Å². The van der Waals surface area contributed by atoms with Gasteiger partial charge in [-0.25, -0.2) is 0 Å². The molecule has 0 saturated carbocycles. The van der Waals surface area contributed by atoms with Crippen LogP contribution in [-0.2, 0) is 6.42 Å². The third-order valence-electron chi connectivity index (χ3n) is 3.65. The summed E-state index contributed by atoms with van der Waals surface area (Å²) in [4.78, 5) is 2.55. The second-order valence-electron chi connectivity index (χ2n) is 4.66. The van der Waals surface area contributed by atoms with E-state index >= 15 is 0 Å². The number of anilines is 2. The molecule has 16 heavy (non-hydrogen) atoms. The van der Waals surface area contributed by atoms with E-state index in [1.165, 1.54) is 43.5 Å². The Morgan fingerprint density at radius 3 is 2.75 bits per heavy atom. The summed E-state index contributed by atoms with van der Waals surface area (Å²) in [7, 11) is 0. The average molecular weight is 218 g/mol. The largest absolute Gasteiger partial charge is 0.399 e. The van der Waals surface area contributed by atoms with Gasteiger partial charge in [0, 0.05) is 24.0 Å². The molecule has 0 saturated heterocycles. The fourth-order valence-corrected chi connectivity index (χ4v) is 2.73. The van der Waals surface area contributed by atoms with Gasteiger partial charge in [-0.05, 0) is 43.4 Å². The van der Waals surface area contributed by atoms with Crippen molar-refractivity contribution >= 4 is 11.4 Å². The Morgan fingerprint density at radius 2 is 2.06 bits per heavy atom. The van der Waals surface area contributed by atoms with Crippen molar-refractivity contribution in [2.24, 2.45) is 0 Å². The first-order valence-electron chi connectivity index (χ1n) is 6.41.